The van der Waals surface area contributed by atoms with E-state index in [0.29, 0.717) is 17.5 Å². The van der Waals surface area contributed by atoms with E-state index in [9.17, 15) is 0 Å². The molecule has 1 aliphatic carbocycles. The number of para-hydroxylation sites is 1. The molecule has 1 atom stereocenters. The maximum absolute atomic E-state index is 5.26. The molecule has 2 heterocycles. The highest BCUT2D eigenvalue weighted by atomic mass is 15.0. The van der Waals surface area contributed by atoms with E-state index < -0.39 is 5.41 Å². The van der Waals surface area contributed by atoms with Gasteiger partial charge in [0.1, 0.15) is 0 Å². The quantitative estimate of drug-likeness (QED) is 0.169. The van der Waals surface area contributed by atoms with Crippen LogP contribution in [0, 0.1) is 0 Å². The monoisotopic (exact) mass is 764 g/mol. The summed E-state index contributed by atoms with van der Waals surface area (Å²) in [6.07, 6.45) is 0. The van der Waals surface area contributed by atoms with Gasteiger partial charge in [0.2, 0.25) is 0 Å². The second-order valence-corrected chi connectivity index (χ2v) is 15.5. The Balaban J connectivity index is 1.20. The molecule has 11 aromatic rings. The van der Waals surface area contributed by atoms with Gasteiger partial charge in [0, 0.05) is 33.2 Å². The molecule has 0 saturated heterocycles. The second-order valence-electron chi connectivity index (χ2n) is 15.5. The van der Waals surface area contributed by atoms with E-state index in [2.05, 4.69) is 187 Å². The van der Waals surface area contributed by atoms with Crippen LogP contribution in [0.15, 0.2) is 218 Å². The number of aromatic nitrogens is 4. The zero-order chi connectivity index (χ0) is 39.6. The summed E-state index contributed by atoms with van der Waals surface area (Å²) < 4.78 is 2.38. The smallest absolute Gasteiger partial charge is 0.164 e. The Morgan fingerprint density at radius 2 is 0.967 bits per heavy atom. The van der Waals surface area contributed by atoms with Gasteiger partial charge in [-0.1, -0.05) is 188 Å². The summed E-state index contributed by atoms with van der Waals surface area (Å²) in [5, 5.41) is 4.73. The first-order valence-corrected chi connectivity index (χ1v) is 20.5. The van der Waals surface area contributed by atoms with E-state index in [1.54, 1.807) is 0 Å². The molecule has 0 aliphatic heterocycles. The summed E-state index contributed by atoms with van der Waals surface area (Å²) in [6.45, 7) is 0. The first-order valence-electron chi connectivity index (χ1n) is 20.5. The minimum atomic E-state index is -0.588. The molecule has 60 heavy (non-hydrogen) atoms. The van der Waals surface area contributed by atoms with Crippen LogP contribution in [-0.4, -0.2) is 19.5 Å². The van der Waals surface area contributed by atoms with Gasteiger partial charge in [-0.25, -0.2) is 15.0 Å². The van der Waals surface area contributed by atoms with Gasteiger partial charge in [0.25, 0.3) is 0 Å². The van der Waals surface area contributed by atoms with E-state index in [4.69, 9.17) is 15.0 Å². The molecule has 2 aromatic heterocycles. The summed E-state index contributed by atoms with van der Waals surface area (Å²) in [5.41, 5.74) is 13.1. The molecule has 1 unspecified atom stereocenters. The molecule has 0 spiro atoms. The first kappa shape index (κ1) is 34.1. The fourth-order valence-corrected chi connectivity index (χ4v) is 9.80. The molecule has 4 heteroatoms. The van der Waals surface area contributed by atoms with Crippen LogP contribution >= 0.6 is 0 Å². The summed E-state index contributed by atoms with van der Waals surface area (Å²) in [5.74, 6) is 1.91. The summed E-state index contributed by atoms with van der Waals surface area (Å²) >= 11 is 0. The minimum absolute atomic E-state index is 0.588. The van der Waals surface area contributed by atoms with Crippen molar-refractivity contribution in [3.05, 3.63) is 241 Å². The zero-order valence-electron chi connectivity index (χ0n) is 32.6. The molecule has 4 nitrogen and oxygen atoms in total. The number of hydrogen-bond donors (Lipinski definition) is 0. The fraction of sp³-hybridized carbons (Fsp3) is 0.0179. The second kappa shape index (κ2) is 13.6. The van der Waals surface area contributed by atoms with Crippen LogP contribution in [-0.2, 0) is 5.41 Å². The standard InChI is InChI=1S/C56H36N4/c1-5-19-38(20-6-1)53-57-54(39-21-7-2-8-22-39)59-55(58-53)45-29-17-31-50-52(45)46-36-41(33-35-49(46)60(50)42-25-11-4-12-26-42)56(40-23-9-3-10-24-40)47-30-16-15-28-44(47)51-43-27-14-13-18-37(43)32-34-48(51)56/h1-36H. The average molecular weight is 765 g/mol. The van der Waals surface area contributed by atoms with Gasteiger partial charge in [0.05, 0.1) is 16.4 Å². The van der Waals surface area contributed by atoms with Gasteiger partial charge in [0.15, 0.2) is 17.5 Å². The van der Waals surface area contributed by atoms with Crippen LogP contribution in [0.1, 0.15) is 22.3 Å². The molecular weight excluding hydrogens is 729 g/mol. The van der Waals surface area contributed by atoms with E-state index in [1.165, 1.54) is 44.2 Å². The highest BCUT2D eigenvalue weighted by Gasteiger charge is 2.46. The Hall–Kier alpha value is -7.95. The van der Waals surface area contributed by atoms with Crippen molar-refractivity contribution in [2.75, 3.05) is 0 Å². The maximum Gasteiger partial charge on any atom is 0.164 e. The predicted octanol–water partition coefficient (Wildman–Crippen LogP) is 13.5. The third kappa shape index (κ3) is 5.07. The average Bonchev–Trinajstić information content (AvgIpc) is 3.83. The molecule has 0 amide bonds. The fourth-order valence-electron chi connectivity index (χ4n) is 9.80. The number of fused-ring (bicyclic) bond motifs is 8. The van der Waals surface area contributed by atoms with E-state index in [-0.39, 0.29) is 0 Å². The Morgan fingerprint density at radius 1 is 0.367 bits per heavy atom. The van der Waals surface area contributed by atoms with Gasteiger partial charge in [-0.2, -0.15) is 0 Å². The van der Waals surface area contributed by atoms with Crippen molar-refractivity contribution in [3.63, 3.8) is 0 Å². The molecule has 12 rings (SSSR count). The van der Waals surface area contributed by atoms with Gasteiger partial charge in [-0.15, -0.1) is 0 Å². The molecule has 0 radical (unpaired) electrons. The van der Waals surface area contributed by atoms with Gasteiger partial charge < -0.3 is 4.57 Å². The maximum atomic E-state index is 5.26. The zero-order valence-corrected chi connectivity index (χ0v) is 32.6. The number of benzene rings is 9. The molecule has 0 fully saturated rings. The normalized spacial score (nSPS) is 14.4. The third-order valence-electron chi connectivity index (χ3n) is 12.3. The highest BCUT2D eigenvalue weighted by molar-refractivity contribution is 6.16. The van der Waals surface area contributed by atoms with Crippen molar-refractivity contribution in [2.24, 2.45) is 0 Å². The Morgan fingerprint density at radius 3 is 1.70 bits per heavy atom. The Bertz CT molecular complexity index is 3360. The van der Waals surface area contributed by atoms with Crippen molar-refractivity contribution in [2.45, 2.75) is 5.41 Å². The Kier molecular flexibility index (Phi) is 7.72. The Labute approximate surface area is 347 Å². The summed E-state index contributed by atoms with van der Waals surface area (Å²) in [7, 11) is 0. The number of hydrogen-bond acceptors (Lipinski definition) is 3. The van der Waals surface area contributed by atoms with Crippen molar-refractivity contribution in [1.82, 2.24) is 19.5 Å². The van der Waals surface area contributed by atoms with Crippen LogP contribution < -0.4 is 0 Å². The third-order valence-corrected chi connectivity index (χ3v) is 12.3. The largest absolute Gasteiger partial charge is 0.309 e. The van der Waals surface area contributed by atoms with Gasteiger partial charge in [-0.3, -0.25) is 0 Å². The van der Waals surface area contributed by atoms with Crippen LogP contribution in [0.3, 0.4) is 0 Å². The van der Waals surface area contributed by atoms with Crippen molar-refractivity contribution < 1.29 is 0 Å². The molecule has 0 N–H and O–H groups in total. The van der Waals surface area contributed by atoms with Crippen LogP contribution in [0.2, 0.25) is 0 Å². The molecule has 280 valence electrons. The molecule has 1 aliphatic rings. The van der Waals surface area contributed by atoms with Gasteiger partial charge >= 0.3 is 0 Å². The van der Waals surface area contributed by atoms with Crippen LogP contribution in [0.5, 0.6) is 0 Å². The van der Waals surface area contributed by atoms with Crippen LogP contribution in [0.4, 0.5) is 0 Å². The summed E-state index contributed by atoms with van der Waals surface area (Å²) in [6, 6.07) is 78.2. The van der Waals surface area contributed by atoms with E-state index >= 15 is 0 Å². The van der Waals surface area contributed by atoms with Crippen molar-refractivity contribution in [3.8, 4) is 51.0 Å². The topological polar surface area (TPSA) is 43.6 Å². The first-order chi connectivity index (χ1) is 29.8. The molecular formula is C56H36N4. The molecule has 0 bridgehead atoms. The van der Waals surface area contributed by atoms with Crippen LogP contribution in [0.25, 0.3) is 83.6 Å². The SMILES string of the molecule is c1ccc(-c2nc(-c3ccccc3)nc(-c3cccc4c3c3cc(C5(c6ccccc6)c6ccccc6-c6c5ccc5ccccc65)ccc3n4-c3ccccc3)n2)cc1. The summed E-state index contributed by atoms with van der Waals surface area (Å²) in [4.78, 5) is 15.6. The lowest BCUT2D eigenvalue weighted by Crippen LogP contribution is -2.28. The minimum Gasteiger partial charge on any atom is -0.309 e. The van der Waals surface area contributed by atoms with Crippen molar-refractivity contribution in [1.29, 1.82) is 0 Å². The number of nitrogens with zero attached hydrogens (tertiary/aromatic N) is 4. The van der Waals surface area contributed by atoms with E-state index in [0.717, 1.165) is 44.2 Å². The lowest BCUT2D eigenvalue weighted by Gasteiger charge is -2.34. The molecule has 9 aromatic carbocycles. The lowest BCUT2D eigenvalue weighted by atomic mass is 9.67. The number of rotatable bonds is 6. The highest BCUT2D eigenvalue weighted by Crippen LogP contribution is 2.58. The van der Waals surface area contributed by atoms with Crippen molar-refractivity contribution >= 4 is 32.6 Å². The molecule has 0 saturated carbocycles. The lowest BCUT2D eigenvalue weighted by molar-refractivity contribution is 0.770. The van der Waals surface area contributed by atoms with E-state index in [1.807, 2.05) is 36.4 Å². The predicted molar refractivity (Wildman–Crippen MR) is 245 cm³/mol. The van der Waals surface area contributed by atoms with Gasteiger partial charge in [-0.05, 0) is 74.5 Å².